The van der Waals surface area contributed by atoms with Gasteiger partial charge in [-0.1, -0.05) is 25.1 Å². The summed E-state index contributed by atoms with van der Waals surface area (Å²) >= 11 is 4.76. The average molecular weight is 280 g/mol. The van der Waals surface area contributed by atoms with Crippen LogP contribution in [0.15, 0.2) is 18.2 Å². The first kappa shape index (κ1) is 13.9. The first-order valence-electron chi connectivity index (χ1n) is 6.45. The van der Waals surface area contributed by atoms with Crippen LogP contribution in [-0.4, -0.2) is 10.9 Å². The van der Waals surface area contributed by atoms with E-state index in [-0.39, 0.29) is 16.5 Å². The maximum absolute atomic E-state index is 13.4. The van der Waals surface area contributed by atoms with Gasteiger partial charge in [0.25, 0.3) is 0 Å². The van der Waals surface area contributed by atoms with Gasteiger partial charge < -0.3 is 11.1 Å². The number of carbonyl (C=O) groups is 1. The summed E-state index contributed by atoms with van der Waals surface area (Å²) in [5.41, 5.74) is 6.12. The summed E-state index contributed by atoms with van der Waals surface area (Å²) in [5.74, 6) is -0.0239. The Kier molecular flexibility index (Phi) is 4.47. The van der Waals surface area contributed by atoms with Crippen molar-refractivity contribution in [3.63, 3.8) is 0 Å². The second kappa shape index (κ2) is 6.10. The predicted octanol–water partition coefficient (Wildman–Crippen LogP) is 2.98. The first-order chi connectivity index (χ1) is 9.06. The second-order valence-electron chi connectivity index (χ2n) is 4.96. The Hall–Kier alpha value is -1.49. The molecule has 1 fully saturated rings. The molecule has 0 unspecified atom stereocenters. The van der Waals surface area contributed by atoms with Gasteiger partial charge in [0.1, 0.15) is 10.8 Å². The first-order valence-corrected chi connectivity index (χ1v) is 6.86. The van der Waals surface area contributed by atoms with E-state index < -0.39 is 5.82 Å². The van der Waals surface area contributed by atoms with E-state index in [9.17, 15) is 9.18 Å². The third-order valence-electron chi connectivity index (χ3n) is 3.46. The number of rotatable bonds is 4. The lowest BCUT2D eigenvalue weighted by Crippen LogP contribution is -2.17. The van der Waals surface area contributed by atoms with Crippen molar-refractivity contribution in [2.45, 2.75) is 32.1 Å². The maximum Gasteiger partial charge on any atom is 0.224 e. The number of hydrogen-bond donors (Lipinski definition) is 2. The molecule has 1 aromatic carbocycles. The fraction of sp³-hybridized carbons (Fsp3) is 0.429. The molecule has 0 aliphatic heterocycles. The standard InChI is InChI=1S/C14H17FN2OS/c15-12-6-5-10(8-11(12)14(16)19)17-13(18)7-9-3-1-2-4-9/h5-6,8-9H,1-4,7H2,(H2,16,19)(H,17,18). The molecule has 1 aliphatic carbocycles. The molecule has 0 atom stereocenters. The number of benzene rings is 1. The minimum Gasteiger partial charge on any atom is -0.389 e. The lowest BCUT2D eigenvalue weighted by Gasteiger charge is -2.10. The lowest BCUT2D eigenvalue weighted by molar-refractivity contribution is -0.117. The van der Waals surface area contributed by atoms with Crippen molar-refractivity contribution in [1.29, 1.82) is 0 Å². The fourth-order valence-corrected chi connectivity index (χ4v) is 2.64. The molecule has 2 rings (SSSR count). The van der Waals surface area contributed by atoms with Gasteiger partial charge in [-0.15, -0.1) is 0 Å². The number of nitrogens with two attached hydrogens (primary N) is 1. The minimum atomic E-state index is -0.471. The van der Waals surface area contributed by atoms with Crippen molar-refractivity contribution in [3.8, 4) is 0 Å². The number of amides is 1. The Morgan fingerprint density at radius 3 is 2.74 bits per heavy atom. The van der Waals surface area contributed by atoms with Crippen LogP contribution in [-0.2, 0) is 4.79 Å². The molecule has 0 bridgehead atoms. The molecule has 1 aliphatic rings. The maximum atomic E-state index is 13.4. The van der Waals surface area contributed by atoms with Crippen molar-refractivity contribution in [3.05, 3.63) is 29.6 Å². The van der Waals surface area contributed by atoms with Gasteiger partial charge in [-0.05, 0) is 37.0 Å². The molecule has 0 radical (unpaired) electrons. The van der Waals surface area contributed by atoms with Gasteiger partial charge in [0, 0.05) is 17.7 Å². The predicted molar refractivity (Wildman–Crippen MR) is 77.5 cm³/mol. The molecule has 1 amide bonds. The molecule has 0 saturated heterocycles. The Morgan fingerprint density at radius 1 is 1.42 bits per heavy atom. The number of hydrogen-bond acceptors (Lipinski definition) is 2. The highest BCUT2D eigenvalue weighted by molar-refractivity contribution is 7.80. The van der Waals surface area contributed by atoms with Crippen LogP contribution in [0, 0.1) is 11.7 Å². The van der Waals surface area contributed by atoms with Crippen LogP contribution in [0.1, 0.15) is 37.7 Å². The third kappa shape index (κ3) is 3.73. The average Bonchev–Trinajstić information content (AvgIpc) is 2.84. The van der Waals surface area contributed by atoms with Crippen LogP contribution >= 0.6 is 12.2 Å². The monoisotopic (exact) mass is 280 g/mol. The summed E-state index contributed by atoms with van der Waals surface area (Å²) in [4.78, 5) is 11.9. The van der Waals surface area contributed by atoms with Crippen LogP contribution in [0.3, 0.4) is 0 Å². The second-order valence-corrected chi connectivity index (χ2v) is 5.40. The fourth-order valence-electron chi connectivity index (χ4n) is 2.48. The Labute approximate surface area is 117 Å². The van der Waals surface area contributed by atoms with E-state index in [0.717, 1.165) is 12.8 Å². The zero-order valence-electron chi connectivity index (χ0n) is 10.6. The van der Waals surface area contributed by atoms with Crippen molar-refractivity contribution in [1.82, 2.24) is 0 Å². The summed E-state index contributed by atoms with van der Waals surface area (Å²) < 4.78 is 13.4. The van der Waals surface area contributed by atoms with Gasteiger partial charge in [0.15, 0.2) is 0 Å². The molecule has 1 saturated carbocycles. The molecule has 0 spiro atoms. The molecule has 3 N–H and O–H groups in total. The number of nitrogens with one attached hydrogen (secondary N) is 1. The van der Waals surface area contributed by atoms with E-state index in [1.807, 2.05) is 0 Å². The normalized spacial score (nSPS) is 15.4. The molecule has 5 heteroatoms. The minimum absolute atomic E-state index is 0.00982. The van der Waals surface area contributed by atoms with Gasteiger partial charge in [-0.25, -0.2) is 4.39 Å². The van der Waals surface area contributed by atoms with Crippen molar-refractivity contribution in [2.75, 3.05) is 5.32 Å². The number of thiocarbonyl (C=S) groups is 1. The summed E-state index contributed by atoms with van der Waals surface area (Å²) in [7, 11) is 0. The SMILES string of the molecule is NC(=S)c1cc(NC(=O)CC2CCCC2)ccc1F. The highest BCUT2D eigenvalue weighted by atomic mass is 32.1. The lowest BCUT2D eigenvalue weighted by atomic mass is 10.0. The molecule has 1 aromatic rings. The molecule has 0 aromatic heterocycles. The summed E-state index contributed by atoms with van der Waals surface area (Å²) in [5, 5.41) is 2.77. The topological polar surface area (TPSA) is 55.1 Å². The van der Waals surface area contributed by atoms with E-state index in [1.54, 1.807) is 0 Å². The van der Waals surface area contributed by atoms with Crippen LogP contribution in [0.5, 0.6) is 0 Å². The molecule has 3 nitrogen and oxygen atoms in total. The summed E-state index contributed by atoms with van der Waals surface area (Å²) in [6.45, 7) is 0. The Balaban J connectivity index is 2.00. The highest BCUT2D eigenvalue weighted by Crippen LogP contribution is 2.27. The number of halogens is 1. The Morgan fingerprint density at radius 2 is 2.11 bits per heavy atom. The van der Waals surface area contributed by atoms with Gasteiger partial charge in [-0.3, -0.25) is 4.79 Å². The van der Waals surface area contributed by atoms with Crippen molar-refractivity contribution < 1.29 is 9.18 Å². The van der Waals surface area contributed by atoms with E-state index in [0.29, 0.717) is 18.0 Å². The third-order valence-corrected chi connectivity index (χ3v) is 3.68. The summed E-state index contributed by atoms with van der Waals surface area (Å²) in [6, 6.07) is 4.26. The largest absolute Gasteiger partial charge is 0.389 e. The quantitative estimate of drug-likeness (QED) is 0.834. The highest BCUT2D eigenvalue weighted by Gasteiger charge is 2.18. The molecule has 0 heterocycles. The van der Waals surface area contributed by atoms with Crippen LogP contribution in [0.2, 0.25) is 0 Å². The van der Waals surface area contributed by atoms with E-state index in [2.05, 4.69) is 5.32 Å². The van der Waals surface area contributed by atoms with Crippen LogP contribution < -0.4 is 11.1 Å². The van der Waals surface area contributed by atoms with E-state index >= 15 is 0 Å². The Bertz CT molecular complexity index is 498. The zero-order chi connectivity index (χ0) is 13.8. The van der Waals surface area contributed by atoms with Crippen LogP contribution in [0.4, 0.5) is 10.1 Å². The van der Waals surface area contributed by atoms with Gasteiger partial charge in [-0.2, -0.15) is 0 Å². The molecular weight excluding hydrogens is 263 g/mol. The van der Waals surface area contributed by atoms with Gasteiger partial charge in [0.2, 0.25) is 5.91 Å². The van der Waals surface area contributed by atoms with Crippen molar-refractivity contribution in [2.24, 2.45) is 11.7 Å². The molecule has 19 heavy (non-hydrogen) atoms. The van der Waals surface area contributed by atoms with E-state index in [1.165, 1.54) is 31.0 Å². The van der Waals surface area contributed by atoms with Gasteiger partial charge >= 0.3 is 0 Å². The van der Waals surface area contributed by atoms with E-state index in [4.69, 9.17) is 18.0 Å². The summed E-state index contributed by atoms with van der Waals surface area (Å²) in [6.07, 6.45) is 5.18. The van der Waals surface area contributed by atoms with Gasteiger partial charge in [0.05, 0.1) is 0 Å². The smallest absolute Gasteiger partial charge is 0.224 e. The number of anilines is 1. The number of carbonyl (C=O) groups excluding carboxylic acids is 1. The zero-order valence-corrected chi connectivity index (χ0v) is 11.4. The molecular formula is C14H17FN2OS. The van der Waals surface area contributed by atoms with Crippen molar-refractivity contribution >= 4 is 28.8 Å². The van der Waals surface area contributed by atoms with Crippen LogP contribution in [0.25, 0.3) is 0 Å². The molecule has 102 valence electrons.